The van der Waals surface area contributed by atoms with Crippen LogP contribution in [0.5, 0.6) is 0 Å². The van der Waals surface area contributed by atoms with Gasteiger partial charge in [-0.3, -0.25) is 14.4 Å². The van der Waals surface area contributed by atoms with Crippen LogP contribution in [-0.2, 0) is 14.3 Å². The monoisotopic (exact) mass is 362 g/mol. The minimum atomic E-state index is -1.23. The zero-order valence-corrected chi connectivity index (χ0v) is 14.6. The number of benzene rings is 1. The number of carbonyl (C=O) groups excluding carboxylic acids is 3. The SMILES string of the molecule is CCCCOC(=O)C[C@@H]1C(=O)NCCN1C(=O)c1ccccc1C(=O)O. The van der Waals surface area contributed by atoms with E-state index in [0.717, 1.165) is 12.8 Å². The Hall–Kier alpha value is -2.90. The van der Waals surface area contributed by atoms with Crippen LogP contribution in [0.15, 0.2) is 24.3 Å². The maximum absolute atomic E-state index is 12.9. The first-order chi connectivity index (χ1) is 12.5. The van der Waals surface area contributed by atoms with E-state index < -0.39 is 29.8 Å². The number of esters is 1. The molecule has 0 radical (unpaired) electrons. The third kappa shape index (κ3) is 4.59. The van der Waals surface area contributed by atoms with Gasteiger partial charge in [-0.15, -0.1) is 0 Å². The number of carboxylic acids is 1. The van der Waals surface area contributed by atoms with Crippen LogP contribution in [0.2, 0.25) is 0 Å². The fourth-order valence-corrected chi connectivity index (χ4v) is 2.72. The molecule has 2 rings (SSSR count). The highest BCUT2D eigenvalue weighted by Gasteiger charge is 2.36. The number of hydrogen-bond acceptors (Lipinski definition) is 5. The van der Waals surface area contributed by atoms with Gasteiger partial charge in [-0.1, -0.05) is 25.5 Å². The topological polar surface area (TPSA) is 113 Å². The lowest BCUT2D eigenvalue weighted by Crippen LogP contribution is -2.58. The van der Waals surface area contributed by atoms with E-state index in [9.17, 15) is 24.3 Å². The molecule has 1 fully saturated rings. The fraction of sp³-hybridized carbons (Fsp3) is 0.444. The van der Waals surface area contributed by atoms with Crippen LogP contribution in [0.3, 0.4) is 0 Å². The van der Waals surface area contributed by atoms with Crippen molar-refractivity contribution in [2.24, 2.45) is 0 Å². The summed E-state index contributed by atoms with van der Waals surface area (Å²) in [6, 6.07) is 4.78. The summed E-state index contributed by atoms with van der Waals surface area (Å²) in [5.41, 5.74) is -0.160. The summed E-state index contributed by atoms with van der Waals surface area (Å²) in [6.45, 7) is 2.65. The summed E-state index contributed by atoms with van der Waals surface area (Å²) >= 11 is 0. The number of rotatable bonds is 7. The van der Waals surface area contributed by atoms with E-state index in [1.165, 1.54) is 23.1 Å². The average Bonchev–Trinajstić information content (AvgIpc) is 2.63. The molecule has 0 spiro atoms. The van der Waals surface area contributed by atoms with E-state index in [4.69, 9.17) is 4.74 Å². The third-order valence-electron chi connectivity index (χ3n) is 4.10. The zero-order chi connectivity index (χ0) is 19.1. The van der Waals surface area contributed by atoms with Crippen LogP contribution in [0.1, 0.15) is 46.9 Å². The summed E-state index contributed by atoms with van der Waals surface area (Å²) < 4.78 is 5.08. The number of piperazine rings is 1. The molecule has 1 aliphatic heterocycles. The van der Waals surface area contributed by atoms with Crippen molar-refractivity contribution in [1.82, 2.24) is 10.2 Å². The molecule has 1 aliphatic rings. The molecule has 1 atom stereocenters. The molecule has 2 N–H and O–H groups in total. The van der Waals surface area contributed by atoms with Crippen LogP contribution in [0.25, 0.3) is 0 Å². The van der Waals surface area contributed by atoms with E-state index in [1.807, 2.05) is 6.92 Å². The van der Waals surface area contributed by atoms with E-state index in [-0.39, 0.29) is 37.2 Å². The maximum atomic E-state index is 12.9. The first-order valence-electron chi connectivity index (χ1n) is 8.52. The summed E-state index contributed by atoms with van der Waals surface area (Å²) in [7, 11) is 0. The molecule has 0 bridgehead atoms. The van der Waals surface area contributed by atoms with Gasteiger partial charge in [-0.05, 0) is 18.6 Å². The molecule has 26 heavy (non-hydrogen) atoms. The normalized spacial score (nSPS) is 16.7. The van der Waals surface area contributed by atoms with Gasteiger partial charge in [-0.25, -0.2) is 4.79 Å². The molecule has 1 aromatic rings. The first kappa shape index (κ1) is 19.4. The highest BCUT2D eigenvalue weighted by molar-refractivity contribution is 6.06. The quantitative estimate of drug-likeness (QED) is 0.554. The van der Waals surface area contributed by atoms with Crippen molar-refractivity contribution in [2.75, 3.05) is 19.7 Å². The Labute approximate surface area is 151 Å². The number of unbranched alkanes of at least 4 members (excludes halogenated alkanes) is 1. The molecule has 0 unspecified atom stereocenters. The van der Waals surface area contributed by atoms with Gasteiger partial charge in [0, 0.05) is 13.1 Å². The number of carbonyl (C=O) groups is 4. The molecule has 0 aliphatic carbocycles. The molecule has 8 nitrogen and oxygen atoms in total. The largest absolute Gasteiger partial charge is 0.478 e. The summed E-state index contributed by atoms with van der Waals surface area (Å²) in [5.74, 6) is -2.84. The third-order valence-corrected chi connectivity index (χ3v) is 4.10. The fourth-order valence-electron chi connectivity index (χ4n) is 2.72. The Morgan fingerprint density at radius 1 is 1.27 bits per heavy atom. The molecular weight excluding hydrogens is 340 g/mol. The molecule has 0 saturated carbocycles. The van der Waals surface area contributed by atoms with E-state index >= 15 is 0 Å². The van der Waals surface area contributed by atoms with Crippen LogP contribution in [-0.4, -0.2) is 59.5 Å². The van der Waals surface area contributed by atoms with Crippen molar-refractivity contribution in [3.63, 3.8) is 0 Å². The Morgan fingerprint density at radius 2 is 1.96 bits per heavy atom. The number of nitrogens with one attached hydrogen (secondary N) is 1. The standard InChI is InChI=1S/C18H22N2O6/c1-2-3-10-26-15(21)11-14-16(22)19-8-9-20(14)17(23)12-6-4-5-7-13(12)18(24)25/h4-7,14H,2-3,8-11H2,1H3,(H,19,22)(H,24,25)/t14-/m1/s1. The van der Waals surface area contributed by atoms with Crippen molar-refractivity contribution in [1.29, 1.82) is 0 Å². The zero-order valence-electron chi connectivity index (χ0n) is 14.6. The van der Waals surface area contributed by atoms with Gasteiger partial charge in [0.25, 0.3) is 5.91 Å². The molecule has 1 aromatic carbocycles. The summed E-state index contributed by atoms with van der Waals surface area (Å²) in [6.07, 6.45) is 1.32. The number of ether oxygens (including phenoxy) is 1. The molecule has 8 heteroatoms. The van der Waals surface area contributed by atoms with E-state index in [2.05, 4.69) is 5.32 Å². The molecular formula is C18H22N2O6. The van der Waals surface area contributed by atoms with Gasteiger partial charge >= 0.3 is 11.9 Å². The Morgan fingerprint density at radius 3 is 2.62 bits per heavy atom. The Balaban J connectivity index is 2.19. The highest BCUT2D eigenvalue weighted by atomic mass is 16.5. The minimum Gasteiger partial charge on any atom is -0.478 e. The number of amides is 2. The molecule has 2 amide bonds. The second kappa shape index (κ2) is 8.98. The number of aromatic carboxylic acids is 1. The minimum absolute atomic E-state index is 0.0148. The van der Waals surface area contributed by atoms with Crippen LogP contribution < -0.4 is 5.32 Å². The first-order valence-corrected chi connectivity index (χ1v) is 8.52. The van der Waals surface area contributed by atoms with Crippen LogP contribution in [0, 0.1) is 0 Å². The van der Waals surface area contributed by atoms with Gasteiger partial charge in [0.05, 0.1) is 24.2 Å². The van der Waals surface area contributed by atoms with Gasteiger partial charge in [0.15, 0.2) is 0 Å². The van der Waals surface area contributed by atoms with Crippen LogP contribution in [0.4, 0.5) is 0 Å². The smallest absolute Gasteiger partial charge is 0.336 e. The predicted octanol–water partition coefficient (Wildman–Crippen LogP) is 1.06. The van der Waals surface area contributed by atoms with Crippen molar-refractivity contribution in [3.8, 4) is 0 Å². The number of carboxylic acid groups (broad SMARTS) is 1. The van der Waals surface area contributed by atoms with Crippen molar-refractivity contribution >= 4 is 23.8 Å². The van der Waals surface area contributed by atoms with Gasteiger partial charge in [0.1, 0.15) is 6.04 Å². The molecule has 1 saturated heterocycles. The second-order valence-electron chi connectivity index (χ2n) is 5.93. The molecule has 140 valence electrons. The second-order valence-corrected chi connectivity index (χ2v) is 5.93. The maximum Gasteiger partial charge on any atom is 0.336 e. The van der Waals surface area contributed by atoms with Crippen molar-refractivity contribution in [3.05, 3.63) is 35.4 Å². The Bertz CT molecular complexity index is 703. The van der Waals surface area contributed by atoms with Gasteiger partial charge in [0.2, 0.25) is 5.91 Å². The van der Waals surface area contributed by atoms with Gasteiger partial charge in [-0.2, -0.15) is 0 Å². The van der Waals surface area contributed by atoms with Crippen molar-refractivity contribution in [2.45, 2.75) is 32.2 Å². The molecule has 0 aromatic heterocycles. The lowest BCUT2D eigenvalue weighted by Gasteiger charge is -2.34. The summed E-state index contributed by atoms with van der Waals surface area (Å²) in [5, 5.41) is 11.9. The van der Waals surface area contributed by atoms with Crippen LogP contribution >= 0.6 is 0 Å². The average molecular weight is 362 g/mol. The van der Waals surface area contributed by atoms with Gasteiger partial charge < -0.3 is 20.1 Å². The van der Waals surface area contributed by atoms with E-state index in [0.29, 0.717) is 0 Å². The lowest BCUT2D eigenvalue weighted by atomic mass is 10.0. The number of hydrogen-bond donors (Lipinski definition) is 2. The highest BCUT2D eigenvalue weighted by Crippen LogP contribution is 2.18. The predicted molar refractivity (Wildman–Crippen MR) is 91.7 cm³/mol. The van der Waals surface area contributed by atoms with Crippen molar-refractivity contribution < 1.29 is 29.0 Å². The summed E-state index contributed by atoms with van der Waals surface area (Å²) in [4.78, 5) is 49.6. The van der Waals surface area contributed by atoms with E-state index in [1.54, 1.807) is 6.07 Å². The Kier molecular flexibility index (Phi) is 6.71. The molecule has 1 heterocycles. The lowest BCUT2D eigenvalue weighted by molar-refractivity contribution is -0.147. The number of nitrogens with zero attached hydrogens (tertiary/aromatic N) is 1.